The zero-order chi connectivity index (χ0) is 13.7. The predicted octanol–water partition coefficient (Wildman–Crippen LogP) is 2.31. The van der Waals surface area contributed by atoms with Crippen LogP contribution in [0.25, 0.3) is 0 Å². The molecule has 0 aliphatic carbocycles. The first-order valence-electron chi connectivity index (χ1n) is 6.07. The van der Waals surface area contributed by atoms with E-state index in [0.29, 0.717) is 6.54 Å². The van der Waals surface area contributed by atoms with E-state index in [9.17, 15) is 4.79 Å². The van der Waals surface area contributed by atoms with E-state index in [1.165, 1.54) is 0 Å². The van der Waals surface area contributed by atoms with E-state index in [2.05, 4.69) is 21.2 Å². The zero-order valence-corrected chi connectivity index (χ0v) is 12.2. The second-order valence-corrected chi connectivity index (χ2v) is 5.21. The topological polar surface area (TPSA) is 58.9 Å². The van der Waals surface area contributed by atoms with Gasteiger partial charge in [0.05, 0.1) is 6.26 Å². The number of amides is 1. The van der Waals surface area contributed by atoms with Crippen molar-refractivity contribution in [3.05, 3.63) is 52.9 Å². The van der Waals surface area contributed by atoms with Crippen molar-refractivity contribution in [1.29, 1.82) is 0 Å². The molecule has 0 fully saturated rings. The van der Waals surface area contributed by atoms with Crippen molar-refractivity contribution in [2.24, 2.45) is 0 Å². The van der Waals surface area contributed by atoms with E-state index in [4.69, 9.17) is 4.42 Å². The third-order valence-corrected chi connectivity index (χ3v) is 3.31. The molecular formula is C14H16BrN2O2+. The van der Waals surface area contributed by atoms with Gasteiger partial charge >= 0.3 is 0 Å². The van der Waals surface area contributed by atoms with Gasteiger partial charge in [0, 0.05) is 10.2 Å². The van der Waals surface area contributed by atoms with Gasteiger partial charge in [-0.1, -0.05) is 15.9 Å². The van der Waals surface area contributed by atoms with Crippen LogP contribution in [0.5, 0.6) is 0 Å². The average molecular weight is 324 g/mol. The lowest BCUT2D eigenvalue weighted by atomic mass is 10.2. The maximum Gasteiger partial charge on any atom is 0.279 e. The Bertz CT molecular complexity index is 523. The Morgan fingerprint density at radius 2 is 2.11 bits per heavy atom. The van der Waals surface area contributed by atoms with Crippen molar-refractivity contribution in [3.63, 3.8) is 0 Å². The number of nitrogens with one attached hydrogen (secondary N) is 1. The van der Waals surface area contributed by atoms with Crippen molar-refractivity contribution >= 4 is 27.5 Å². The van der Waals surface area contributed by atoms with Crippen molar-refractivity contribution in [3.8, 4) is 0 Å². The third-order valence-electron chi connectivity index (χ3n) is 2.78. The first-order valence-corrected chi connectivity index (χ1v) is 6.86. The lowest BCUT2D eigenvalue weighted by Gasteiger charge is -2.08. The van der Waals surface area contributed by atoms with Crippen molar-refractivity contribution in [2.45, 2.75) is 13.0 Å². The van der Waals surface area contributed by atoms with E-state index < -0.39 is 0 Å². The highest BCUT2D eigenvalue weighted by Crippen LogP contribution is 2.13. The second-order valence-electron chi connectivity index (χ2n) is 4.30. The molecule has 5 heteroatoms. The molecule has 1 aromatic carbocycles. The van der Waals surface area contributed by atoms with Gasteiger partial charge in [0.2, 0.25) is 0 Å². The van der Waals surface area contributed by atoms with Crippen LogP contribution in [0.2, 0.25) is 0 Å². The van der Waals surface area contributed by atoms with Crippen LogP contribution >= 0.6 is 15.9 Å². The number of hydrogen-bond acceptors (Lipinski definition) is 2. The molecule has 100 valence electrons. The summed E-state index contributed by atoms with van der Waals surface area (Å²) in [6, 6.07) is 11.4. The summed E-state index contributed by atoms with van der Waals surface area (Å²) in [6.45, 7) is 2.36. The molecule has 1 heterocycles. The molecule has 0 spiro atoms. The molecule has 4 nitrogen and oxygen atoms in total. The van der Waals surface area contributed by atoms with E-state index >= 15 is 0 Å². The van der Waals surface area contributed by atoms with Crippen LogP contribution in [0.3, 0.4) is 0 Å². The lowest BCUT2D eigenvalue weighted by Crippen LogP contribution is -2.86. The molecule has 0 radical (unpaired) electrons. The smallest absolute Gasteiger partial charge is 0.279 e. The number of quaternary nitrogens is 1. The first kappa shape index (κ1) is 13.8. The summed E-state index contributed by atoms with van der Waals surface area (Å²) in [5, 5.41) is 4.79. The number of nitrogens with two attached hydrogens (primary N) is 1. The monoisotopic (exact) mass is 323 g/mol. The minimum absolute atomic E-state index is 0.0271. The number of anilines is 1. The van der Waals surface area contributed by atoms with E-state index in [-0.39, 0.29) is 11.9 Å². The Kier molecular flexibility index (Phi) is 4.76. The maximum absolute atomic E-state index is 11.8. The molecule has 2 rings (SSSR count). The van der Waals surface area contributed by atoms with Crippen LogP contribution in [-0.4, -0.2) is 12.5 Å². The summed E-state index contributed by atoms with van der Waals surface area (Å²) < 4.78 is 6.28. The van der Waals surface area contributed by atoms with Crippen LogP contribution in [0, 0.1) is 0 Å². The molecule has 19 heavy (non-hydrogen) atoms. The number of rotatable bonds is 5. The van der Waals surface area contributed by atoms with Crippen LogP contribution in [0.15, 0.2) is 51.6 Å². The fraction of sp³-hybridized carbons (Fsp3) is 0.214. The van der Waals surface area contributed by atoms with Crippen molar-refractivity contribution < 1.29 is 14.5 Å². The van der Waals surface area contributed by atoms with Gasteiger partial charge in [0.25, 0.3) is 5.91 Å². The number of carbonyl (C=O) groups excluding carboxylic acids is 1. The Balaban J connectivity index is 1.80. The Morgan fingerprint density at radius 1 is 1.37 bits per heavy atom. The molecule has 0 bridgehead atoms. The minimum atomic E-state index is -0.0271. The Morgan fingerprint density at radius 3 is 2.74 bits per heavy atom. The van der Waals surface area contributed by atoms with Crippen LogP contribution < -0.4 is 10.6 Å². The number of hydrogen-bond donors (Lipinski definition) is 2. The molecule has 1 atom stereocenters. The van der Waals surface area contributed by atoms with Gasteiger partial charge in [-0.3, -0.25) is 4.79 Å². The molecule has 2 aromatic rings. The van der Waals surface area contributed by atoms with Gasteiger partial charge in [-0.15, -0.1) is 0 Å². The molecule has 0 aliphatic rings. The summed E-state index contributed by atoms with van der Waals surface area (Å²) in [4.78, 5) is 11.8. The van der Waals surface area contributed by atoms with Gasteiger partial charge in [-0.2, -0.15) is 0 Å². The lowest BCUT2D eigenvalue weighted by molar-refractivity contribution is -0.684. The van der Waals surface area contributed by atoms with Crippen molar-refractivity contribution in [2.75, 3.05) is 11.9 Å². The molecule has 0 saturated carbocycles. The number of carbonyl (C=O) groups is 1. The fourth-order valence-corrected chi connectivity index (χ4v) is 1.96. The summed E-state index contributed by atoms with van der Waals surface area (Å²) in [7, 11) is 0. The highest BCUT2D eigenvalue weighted by atomic mass is 79.9. The van der Waals surface area contributed by atoms with E-state index in [1.807, 2.05) is 48.6 Å². The summed E-state index contributed by atoms with van der Waals surface area (Å²) in [5.74, 6) is 0.845. The van der Waals surface area contributed by atoms with E-state index in [1.54, 1.807) is 6.26 Å². The molecular weight excluding hydrogens is 308 g/mol. The highest BCUT2D eigenvalue weighted by molar-refractivity contribution is 9.10. The predicted molar refractivity (Wildman–Crippen MR) is 76.7 cm³/mol. The van der Waals surface area contributed by atoms with Gasteiger partial charge in [0.1, 0.15) is 6.04 Å². The molecule has 1 aromatic heterocycles. The van der Waals surface area contributed by atoms with E-state index in [0.717, 1.165) is 15.9 Å². The summed E-state index contributed by atoms with van der Waals surface area (Å²) in [5.41, 5.74) is 0.798. The van der Waals surface area contributed by atoms with Gasteiger partial charge < -0.3 is 15.1 Å². The molecule has 0 unspecified atom stereocenters. The van der Waals surface area contributed by atoms with Gasteiger partial charge in [-0.25, -0.2) is 0 Å². The Hall–Kier alpha value is -1.59. The van der Waals surface area contributed by atoms with Gasteiger partial charge in [-0.05, 0) is 43.3 Å². The molecule has 0 saturated heterocycles. The highest BCUT2D eigenvalue weighted by Gasteiger charge is 2.13. The normalized spacial score (nSPS) is 12.1. The zero-order valence-electron chi connectivity index (χ0n) is 10.6. The number of halogens is 1. The van der Waals surface area contributed by atoms with Crippen LogP contribution in [0.1, 0.15) is 18.7 Å². The average Bonchev–Trinajstić information content (AvgIpc) is 2.93. The standard InChI is InChI=1S/C14H15BrN2O2/c1-10(13-3-2-8-19-13)16-9-14(18)17-12-6-4-11(15)5-7-12/h2-8,10,16H,9H2,1H3,(H,17,18)/p+1/t10-/m1/s1. The van der Waals surface area contributed by atoms with Crippen LogP contribution in [0.4, 0.5) is 5.69 Å². The Labute approximate surface area is 120 Å². The molecule has 0 aliphatic heterocycles. The quantitative estimate of drug-likeness (QED) is 0.887. The number of benzene rings is 1. The third kappa shape index (κ3) is 4.22. The SMILES string of the molecule is C[C@@H]([NH2+]CC(=O)Nc1ccc(Br)cc1)c1ccco1. The fourth-order valence-electron chi connectivity index (χ4n) is 1.70. The van der Waals surface area contributed by atoms with Crippen molar-refractivity contribution in [1.82, 2.24) is 0 Å². The minimum Gasteiger partial charge on any atom is -0.463 e. The molecule has 3 N–H and O–H groups in total. The summed E-state index contributed by atoms with van der Waals surface area (Å²) >= 11 is 3.35. The van der Waals surface area contributed by atoms with Gasteiger partial charge in [0.15, 0.2) is 12.3 Å². The summed E-state index contributed by atoms with van der Waals surface area (Å²) in [6.07, 6.45) is 1.64. The largest absolute Gasteiger partial charge is 0.463 e. The first-order chi connectivity index (χ1) is 9.15. The second kappa shape index (κ2) is 6.54. The number of furan rings is 1. The molecule has 1 amide bonds. The van der Waals surface area contributed by atoms with Crippen LogP contribution in [-0.2, 0) is 4.79 Å². The maximum atomic E-state index is 11.8.